The van der Waals surface area contributed by atoms with Crippen molar-refractivity contribution in [2.45, 2.75) is 29.4 Å². The highest BCUT2D eigenvalue weighted by Crippen LogP contribution is 2.37. The van der Waals surface area contributed by atoms with E-state index in [0.717, 1.165) is 17.4 Å². The maximum Gasteiger partial charge on any atom is 0.153 e. The quantitative estimate of drug-likeness (QED) is 0.822. The normalized spacial score (nSPS) is 15.2. The van der Waals surface area contributed by atoms with E-state index in [4.69, 9.17) is 0 Å². The Morgan fingerprint density at radius 1 is 1.31 bits per heavy atom. The molecule has 16 heavy (non-hydrogen) atoms. The minimum atomic E-state index is 0.621. The van der Waals surface area contributed by atoms with Crippen molar-refractivity contribution in [1.29, 1.82) is 0 Å². The Labute approximate surface area is 97.9 Å². The van der Waals surface area contributed by atoms with Gasteiger partial charge in [0.25, 0.3) is 0 Å². The van der Waals surface area contributed by atoms with Gasteiger partial charge >= 0.3 is 0 Å². The van der Waals surface area contributed by atoms with E-state index in [9.17, 15) is 0 Å². The molecule has 2 heterocycles. The molecule has 2 aromatic heterocycles. The summed E-state index contributed by atoms with van der Waals surface area (Å²) in [6.45, 7) is 0. The van der Waals surface area contributed by atoms with Crippen LogP contribution in [0.2, 0.25) is 0 Å². The average molecular weight is 232 g/mol. The molecule has 1 aliphatic rings. The Bertz CT molecular complexity index is 464. The number of hydrogen-bond acceptors (Lipinski definition) is 4. The molecule has 3 rings (SSSR count). The molecule has 0 spiro atoms. The Morgan fingerprint density at radius 3 is 2.88 bits per heavy atom. The molecule has 4 nitrogen and oxygen atoms in total. The van der Waals surface area contributed by atoms with Crippen LogP contribution in [0.1, 0.15) is 30.4 Å². The van der Waals surface area contributed by atoms with Crippen LogP contribution in [0.3, 0.4) is 0 Å². The smallest absolute Gasteiger partial charge is 0.153 e. The topological polar surface area (TPSA) is 54.5 Å². The summed E-state index contributed by atoms with van der Waals surface area (Å²) in [4.78, 5) is 9.68. The van der Waals surface area contributed by atoms with Crippen LogP contribution in [-0.4, -0.2) is 20.2 Å². The Balaban J connectivity index is 1.61. The van der Waals surface area contributed by atoms with Gasteiger partial charge in [-0.15, -0.1) is 11.8 Å². The van der Waals surface area contributed by atoms with E-state index in [1.54, 1.807) is 24.2 Å². The van der Waals surface area contributed by atoms with E-state index in [0.29, 0.717) is 5.92 Å². The molecule has 0 atom stereocenters. The van der Waals surface area contributed by atoms with Crippen LogP contribution < -0.4 is 0 Å². The van der Waals surface area contributed by atoms with Gasteiger partial charge in [-0.25, -0.2) is 4.98 Å². The first kappa shape index (κ1) is 9.84. The lowest BCUT2D eigenvalue weighted by Crippen LogP contribution is -1.85. The number of H-pyrrole nitrogens is 1. The summed E-state index contributed by atoms with van der Waals surface area (Å²) in [5.41, 5.74) is 0. The molecule has 1 fully saturated rings. The molecule has 0 bridgehead atoms. The van der Waals surface area contributed by atoms with Crippen LogP contribution in [0.25, 0.3) is 0 Å². The second kappa shape index (κ2) is 4.25. The van der Waals surface area contributed by atoms with Gasteiger partial charge in [-0.3, -0.25) is 10.1 Å². The second-order valence-electron chi connectivity index (χ2n) is 3.89. The average Bonchev–Trinajstić information content (AvgIpc) is 3.08. The van der Waals surface area contributed by atoms with Gasteiger partial charge in [-0.05, 0) is 25.0 Å². The standard InChI is InChI=1S/C11H12N4S/c1-2-8(1)11-13-10(14-15-11)7-16-9-3-5-12-6-4-9/h3-6,8H,1-2,7H2,(H,13,14,15). The molecule has 0 aromatic carbocycles. The zero-order valence-electron chi connectivity index (χ0n) is 8.76. The largest absolute Gasteiger partial charge is 0.265 e. The predicted octanol–water partition coefficient (Wildman–Crippen LogP) is 2.37. The molecule has 0 amide bonds. The SMILES string of the molecule is c1cc(SCc2nc(C3CC3)n[nH]2)ccn1. The molecule has 0 radical (unpaired) electrons. The van der Waals surface area contributed by atoms with Crippen molar-refractivity contribution in [3.63, 3.8) is 0 Å². The van der Waals surface area contributed by atoms with Crippen molar-refractivity contribution >= 4 is 11.8 Å². The summed E-state index contributed by atoms with van der Waals surface area (Å²) in [6, 6.07) is 4.01. The highest BCUT2D eigenvalue weighted by Gasteiger charge is 2.27. The molecule has 0 saturated heterocycles. The van der Waals surface area contributed by atoms with Gasteiger partial charge in [0.1, 0.15) is 5.82 Å². The lowest BCUT2D eigenvalue weighted by atomic mass is 10.4. The summed E-state index contributed by atoms with van der Waals surface area (Å²) in [5.74, 6) is 3.41. The van der Waals surface area contributed by atoms with Gasteiger partial charge in [-0.2, -0.15) is 5.10 Å². The minimum absolute atomic E-state index is 0.621. The van der Waals surface area contributed by atoms with E-state index in [1.165, 1.54) is 17.7 Å². The molecule has 1 N–H and O–H groups in total. The molecule has 1 aliphatic carbocycles. The van der Waals surface area contributed by atoms with Gasteiger partial charge in [0.15, 0.2) is 5.82 Å². The van der Waals surface area contributed by atoms with E-state index < -0.39 is 0 Å². The third-order valence-corrected chi connectivity index (χ3v) is 3.54. The van der Waals surface area contributed by atoms with Crippen LogP contribution in [0.5, 0.6) is 0 Å². The number of aromatic nitrogens is 4. The highest BCUT2D eigenvalue weighted by molar-refractivity contribution is 7.98. The van der Waals surface area contributed by atoms with E-state index >= 15 is 0 Å². The number of nitrogens with zero attached hydrogens (tertiary/aromatic N) is 3. The van der Waals surface area contributed by atoms with E-state index in [1.807, 2.05) is 12.1 Å². The van der Waals surface area contributed by atoms with Gasteiger partial charge in [0, 0.05) is 23.2 Å². The molecule has 0 aliphatic heterocycles. The van der Waals surface area contributed by atoms with Crippen molar-refractivity contribution in [3.05, 3.63) is 36.2 Å². The van der Waals surface area contributed by atoms with Crippen LogP contribution in [0.15, 0.2) is 29.4 Å². The van der Waals surface area contributed by atoms with Crippen LogP contribution in [-0.2, 0) is 5.75 Å². The van der Waals surface area contributed by atoms with E-state index in [2.05, 4.69) is 20.2 Å². The summed E-state index contributed by atoms with van der Waals surface area (Å²) >= 11 is 1.75. The Kier molecular flexibility index (Phi) is 2.61. The molecular weight excluding hydrogens is 220 g/mol. The minimum Gasteiger partial charge on any atom is -0.265 e. The van der Waals surface area contributed by atoms with Crippen LogP contribution >= 0.6 is 11.8 Å². The molecule has 1 saturated carbocycles. The number of aromatic amines is 1. The van der Waals surface area contributed by atoms with Gasteiger partial charge in [0.05, 0.1) is 5.75 Å². The third kappa shape index (κ3) is 2.24. The molecular formula is C11H12N4S. The van der Waals surface area contributed by atoms with Crippen LogP contribution in [0.4, 0.5) is 0 Å². The molecule has 0 unspecified atom stereocenters. The Morgan fingerprint density at radius 2 is 2.12 bits per heavy atom. The fraction of sp³-hybridized carbons (Fsp3) is 0.364. The second-order valence-corrected chi connectivity index (χ2v) is 4.93. The molecule has 2 aromatic rings. The number of nitrogens with one attached hydrogen (secondary N) is 1. The first-order valence-corrected chi connectivity index (χ1v) is 6.34. The summed E-state index contributed by atoms with van der Waals surface area (Å²) in [6.07, 6.45) is 6.10. The maximum absolute atomic E-state index is 4.48. The fourth-order valence-electron chi connectivity index (χ4n) is 1.48. The summed E-state index contributed by atoms with van der Waals surface area (Å²) in [7, 11) is 0. The van der Waals surface area contributed by atoms with Crippen molar-refractivity contribution in [1.82, 2.24) is 20.2 Å². The lowest BCUT2D eigenvalue weighted by Gasteiger charge is -1.96. The van der Waals surface area contributed by atoms with Crippen molar-refractivity contribution in [2.24, 2.45) is 0 Å². The van der Waals surface area contributed by atoms with Crippen molar-refractivity contribution < 1.29 is 0 Å². The zero-order valence-corrected chi connectivity index (χ0v) is 9.57. The monoisotopic (exact) mass is 232 g/mol. The Hall–Kier alpha value is -1.36. The van der Waals surface area contributed by atoms with Crippen molar-refractivity contribution in [2.75, 3.05) is 0 Å². The van der Waals surface area contributed by atoms with Gasteiger partial charge < -0.3 is 0 Å². The van der Waals surface area contributed by atoms with Gasteiger partial charge in [0.2, 0.25) is 0 Å². The van der Waals surface area contributed by atoms with Crippen molar-refractivity contribution in [3.8, 4) is 0 Å². The molecule has 82 valence electrons. The summed E-state index contributed by atoms with van der Waals surface area (Å²) in [5, 5.41) is 7.23. The van der Waals surface area contributed by atoms with E-state index in [-0.39, 0.29) is 0 Å². The maximum atomic E-state index is 4.48. The lowest BCUT2D eigenvalue weighted by molar-refractivity contribution is 0.934. The number of hydrogen-bond donors (Lipinski definition) is 1. The first-order chi connectivity index (χ1) is 7.92. The summed E-state index contributed by atoms with van der Waals surface area (Å²) < 4.78 is 0. The molecule has 5 heteroatoms. The predicted molar refractivity (Wildman–Crippen MR) is 62.2 cm³/mol. The number of rotatable bonds is 4. The first-order valence-electron chi connectivity index (χ1n) is 5.36. The number of thioether (sulfide) groups is 1. The fourth-order valence-corrected chi connectivity index (χ4v) is 2.23. The van der Waals surface area contributed by atoms with Crippen LogP contribution in [0, 0.1) is 0 Å². The highest BCUT2D eigenvalue weighted by atomic mass is 32.2. The number of pyridine rings is 1. The third-order valence-electron chi connectivity index (χ3n) is 2.52. The van der Waals surface area contributed by atoms with Gasteiger partial charge in [-0.1, -0.05) is 0 Å². The zero-order chi connectivity index (χ0) is 10.8.